The maximum Gasteiger partial charge on any atom is 0.268 e. The molecule has 1 saturated carbocycles. The van der Waals surface area contributed by atoms with Gasteiger partial charge in [-0.15, -0.1) is 11.3 Å². The molecular formula is C15H17ClN2OS. The van der Waals surface area contributed by atoms with Crippen molar-refractivity contribution in [1.82, 2.24) is 10.3 Å². The molecule has 3 nitrogen and oxygen atoms in total. The molecule has 0 radical (unpaired) electrons. The number of carbonyl (C=O) groups excluding carboxylic acids is 1. The van der Waals surface area contributed by atoms with Gasteiger partial charge in [-0.3, -0.25) is 4.79 Å². The number of thiophene rings is 1. The highest BCUT2D eigenvalue weighted by atomic mass is 35.5. The number of aromatic amines is 1. The molecule has 2 aromatic heterocycles. The fourth-order valence-corrected chi connectivity index (χ4v) is 3.93. The number of hydrogen-bond acceptors (Lipinski definition) is 2. The van der Waals surface area contributed by atoms with Gasteiger partial charge in [0.1, 0.15) is 5.69 Å². The van der Waals surface area contributed by atoms with E-state index in [2.05, 4.69) is 21.7 Å². The van der Waals surface area contributed by atoms with E-state index in [-0.39, 0.29) is 11.9 Å². The van der Waals surface area contributed by atoms with Crippen molar-refractivity contribution in [3.8, 4) is 0 Å². The lowest BCUT2D eigenvalue weighted by molar-refractivity contribution is 0.0918. The molecule has 2 aromatic rings. The van der Waals surface area contributed by atoms with Crippen molar-refractivity contribution in [2.75, 3.05) is 0 Å². The van der Waals surface area contributed by atoms with E-state index in [0.717, 1.165) is 0 Å². The Kier molecular flexibility index (Phi) is 4.13. The van der Waals surface area contributed by atoms with Gasteiger partial charge in [0.25, 0.3) is 5.91 Å². The summed E-state index contributed by atoms with van der Waals surface area (Å²) >= 11 is 7.57. The molecule has 0 aromatic carbocycles. The first-order valence-corrected chi connectivity index (χ1v) is 8.18. The van der Waals surface area contributed by atoms with Crippen LogP contribution in [0.4, 0.5) is 0 Å². The zero-order valence-corrected chi connectivity index (χ0v) is 12.6. The van der Waals surface area contributed by atoms with Crippen LogP contribution in [0.2, 0.25) is 5.02 Å². The van der Waals surface area contributed by atoms with Crippen LogP contribution in [0.5, 0.6) is 0 Å². The van der Waals surface area contributed by atoms with Gasteiger partial charge in [-0.2, -0.15) is 0 Å². The molecule has 2 heterocycles. The highest BCUT2D eigenvalue weighted by Gasteiger charge is 2.28. The summed E-state index contributed by atoms with van der Waals surface area (Å²) in [6.07, 6.45) is 6.53. The summed E-state index contributed by atoms with van der Waals surface area (Å²) in [6, 6.07) is 5.93. The second-order valence-corrected chi connectivity index (χ2v) is 6.66. The number of rotatable bonds is 4. The van der Waals surface area contributed by atoms with Crippen LogP contribution in [0.15, 0.2) is 29.8 Å². The van der Waals surface area contributed by atoms with E-state index < -0.39 is 0 Å². The zero-order chi connectivity index (χ0) is 13.9. The Morgan fingerprint density at radius 3 is 2.85 bits per heavy atom. The minimum absolute atomic E-state index is 0.0813. The van der Waals surface area contributed by atoms with Crippen LogP contribution in [0, 0.1) is 5.92 Å². The summed E-state index contributed by atoms with van der Waals surface area (Å²) in [5, 5.41) is 5.80. The fourth-order valence-electron chi connectivity index (χ4n) is 2.90. The maximum atomic E-state index is 12.3. The van der Waals surface area contributed by atoms with Crippen LogP contribution < -0.4 is 5.32 Å². The third kappa shape index (κ3) is 2.91. The molecule has 1 atom stereocenters. The lowest BCUT2D eigenvalue weighted by Gasteiger charge is -2.23. The fraction of sp³-hybridized carbons (Fsp3) is 0.400. The molecule has 1 aliphatic carbocycles. The minimum Gasteiger partial charge on any atom is -0.356 e. The van der Waals surface area contributed by atoms with E-state index in [0.29, 0.717) is 16.6 Å². The van der Waals surface area contributed by atoms with E-state index >= 15 is 0 Å². The van der Waals surface area contributed by atoms with E-state index in [1.807, 2.05) is 6.07 Å². The summed E-state index contributed by atoms with van der Waals surface area (Å²) in [6.45, 7) is 0. The molecule has 0 unspecified atom stereocenters. The van der Waals surface area contributed by atoms with Gasteiger partial charge in [0, 0.05) is 11.1 Å². The maximum absolute atomic E-state index is 12.3. The van der Waals surface area contributed by atoms with E-state index in [9.17, 15) is 4.79 Å². The summed E-state index contributed by atoms with van der Waals surface area (Å²) < 4.78 is 0. The number of aromatic nitrogens is 1. The molecule has 3 rings (SSSR count). The molecule has 1 amide bonds. The molecule has 2 N–H and O–H groups in total. The largest absolute Gasteiger partial charge is 0.356 e. The molecule has 0 bridgehead atoms. The molecule has 5 heteroatoms. The topological polar surface area (TPSA) is 44.9 Å². The van der Waals surface area contributed by atoms with Crippen LogP contribution in [0.25, 0.3) is 0 Å². The number of nitrogens with one attached hydrogen (secondary N) is 2. The molecule has 0 saturated heterocycles. The quantitative estimate of drug-likeness (QED) is 0.864. The number of carbonyl (C=O) groups is 1. The van der Waals surface area contributed by atoms with Crippen LogP contribution in [0.3, 0.4) is 0 Å². The van der Waals surface area contributed by atoms with Crippen molar-refractivity contribution in [2.45, 2.75) is 31.7 Å². The Morgan fingerprint density at radius 2 is 2.25 bits per heavy atom. The Balaban J connectivity index is 1.77. The van der Waals surface area contributed by atoms with E-state index in [1.165, 1.54) is 30.6 Å². The van der Waals surface area contributed by atoms with Crippen molar-refractivity contribution >= 4 is 28.8 Å². The lowest BCUT2D eigenvalue weighted by atomic mass is 9.96. The van der Waals surface area contributed by atoms with Crippen LogP contribution >= 0.6 is 22.9 Å². The molecule has 20 heavy (non-hydrogen) atoms. The molecule has 1 fully saturated rings. The van der Waals surface area contributed by atoms with Crippen molar-refractivity contribution in [3.05, 3.63) is 45.4 Å². The first-order chi connectivity index (χ1) is 9.74. The van der Waals surface area contributed by atoms with Crippen molar-refractivity contribution < 1.29 is 4.79 Å². The zero-order valence-electron chi connectivity index (χ0n) is 11.1. The standard InChI is InChI=1S/C15H17ClN2OS/c16-11-8-12(17-9-11)15(19)18-14(10-4-1-2-5-10)13-6-3-7-20-13/h3,6-10,14,17H,1-2,4-5H2,(H,18,19)/t14-/m0/s1. The first-order valence-electron chi connectivity index (χ1n) is 6.92. The second-order valence-electron chi connectivity index (χ2n) is 5.24. The average Bonchev–Trinajstić information content (AvgIpc) is 3.17. The van der Waals surface area contributed by atoms with Gasteiger partial charge in [0.2, 0.25) is 0 Å². The molecule has 0 aliphatic heterocycles. The van der Waals surface area contributed by atoms with Gasteiger partial charge in [-0.25, -0.2) is 0 Å². The molecule has 0 spiro atoms. The summed E-state index contributed by atoms with van der Waals surface area (Å²) in [5.41, 5.74) is 0.523. The van der Waals surface area contributed by atoms with Gasteiger partial charge < -0.3 is 10.3 Å². The first kappa shape index (κ1) is 13.7. The smallest absolute Gasteiger partial charge is 0.268 e. The monoisotopic (exact) mass is 308 g/mol. The predicted octanol–water partition coefficient (Wildman–Crippen LogP) is 4.39. The number of H-pyrrole nitrogens is 1. The molecular weight excluding hydrogens is 292 g/mol. The normalized spacial score (nSPS) is 17.2. The number of halogens is 1. The van der Waals surface area contributed by atoms with Crippen LogP contribution in [0.1, 0.15) is 47.1 Å². The number of hydrogen-bond donors (Lipinski definition) is 2. The predicted molar refractivity (Wildman–Crippen MR) is 82.3 cm³/mol. The summed E-state index contributed by atoms with van der Waals surface area (Å²) in [5.74, 6) is 0.463. The highest BCUT2D eigenvalue weighted by molar-refractivity contribution is 7.10. The molecule has 1 aliphatic rings. The van der Waals surface area contributed by atoms with Crippen molar-refractivity contribution in [2.24, 2.45) is 5.92 Å². The third-order valence-corrected chi connectivity index (χ3v) is 5.07. The Morgan fingerprint density at radius 1 is 1.45 bits per heavy atom. The van der Waals surface area contributed by atoms with Gasteiger partial charge in [-0.1, -0.05) is 30.5 Å². The van der Waals surface area contributed by atoms with Gasteiger partial charge in [0.15, 0.2) is 0 Å². The third-order valence-electron chi connectivity index (χ3n) is 3.90. The van der Waals surface area contributed by atoms with Crippen LogP contribution in [-0.4, -0.2) is 10.9 Å². The molecule has 106 valence electrons. The minimum atomic E-state index is -0.0813. The van der Waals surface area contributed by atoms with E-state index in [1.54, 1.807) is 23.6 Å². The average molecular weight is 309 g/mol. The van der Waals surface area contributed by atoms with Crippen molar-refractivity contribution in [3.63, 3.8) is 0 Å². The summed E-state index contributed by atoms with van der Waals surface area (Å²) in [7, 11) is 0. The highest BCUT2D eigenvalue weighted by Crippen LogP contribution is 2.37. The Bertz CT molecular complexity index is 572. The van der Waals surface area contributed by atoms with Gasteiger partial charge >= 0.3 is 0 Å². The lowest BCUT2D eigenvalue weighted by Crippen LogP contribution is -2.32. The van der Waals surface area contributed by atoms with Crippen LogP contribution in [-0.2, 0) is 0 Å². The second kappa shape index (κ2) is 6.02. The van der Waals surface area contributed by atoms with Gasteiger partial charge in [-0.05, 0) is 36.3 Å². The Labute approximate surface area is 127 Å². The van der Waals surface area contributed by atoms with Crippen molar-refractivity contribution in [1.29, 1.82) is 0 Å². The Hall–Kier alpha value is -1.26. The number of amides is 1. The SMILES string of the molecule is O=C(N[C@H](c1cccs1)C1CCCC1)c1cc(Cl)c[nH]1. The van der Waals surface area contributed by atoms with E-state index in [4.69, 9.17) is 11.6 Å². The van der Waals surface area contributed by atoms with Gasteiger partial charge in [0.05, 0.1) is 11.1 Å². The summed E-state index contributed by atoms with van der Waals surface area (Å²) in [4.78, 5) is 16.5.